The molecule has 0 bridgehead atoms. The number of nitrogens with one attached hydrogen (secondary N) is 1. The van der Waals surface area contributed by atoms with Crippen molar-refractivity contribution in [2.24, 2.45) is 0 Å². The molecule has 0 spiro atoms. The summed E-state index contributed by atoms with van der Waals surface area (Å²) in [4.78, 5) is 27.1. The number of anilines is 1. The van der Waals surface area contributed by atoms with Gasteiger partial charge < -0.3 is 15.0 Å². The predicted octanol–water partition coefficient (Wildman–Crippen LogP) is 3.89. The standard InChI is InChI=1S/C22H26N2O3/c1-27-18-9-7-8-17(16-18)12-13-21(25)23-20-11-4-3-10-19(20)22(26)24-14-5-2-6-15-24/h3-4,7-11,16H,2,5-6,12-15H2,1H3,(H,23,25). The number of rotatable bonds is 6. The Labute approximate surface area is 160 Å². The smallest absolute Gasteiger partial charge is 0.255 e. The van der Waals surface area contributed by atoms with Gasteiger partial charge in [-0.05, 0) is 55.5 Å². The summed E-state index contributed by atoms with van der Waals surface area (Å²) in [5.41, 5.74) is 2.19. The zero-order valence-electron chi connectivity index (χ0n) is 15.7. The van der Waals surface area contributed by atoms with Crippen molar-refractivity contribution in [2.45, 2.75) is 32.1 Å². The quantitative estimate of drug-likeness (QED) is 0.844. The molecule has 5 heteroatoms. The molecular formula is C22H26N2O3. The summed E-state index contributed by atoms with van der Waals surface area (Å²) in [6.45, 7) is 1.58. The number of carbonyl (C=O) groups excluding carboxylic acids is 2. The van der Waals surface area contributed by atoms with Crippen molar-refractivity contribution in [3.8, 4) is 5.75 Å². The van der Waals surface area contributed by atoms with Gasteiger partial charge in [0.15, 0.2) is 0 Å². The number of benzene rings is 2. The van der Waals surface area contributed by atoms with E-state index < -0.39 is 0 Å². The highest BCUT2D eigenvalue weighted by Gasteiger charge is 2.21. The molecule has 2 aromatic carbocycles. The van der Waals surface area contributed by atoms with E-state index >= 15 is 0 Å². The highest BCUT2D eigenvalue weighted by molar-refractivity contribution is 6.03. The maximum absolute atomic E-state index is 12.8. The van der Waals surface area contributed by atoms with Crippen molar-refractivity contribution in [3.63, 3.8) is 0 Å². The van der Waals surface area contributed by atoms with Gasteiger partial charge in [-0.15, -0.1) is 0 Å². The number of amides is 2. The Morgan fingerprint density at radius 1 is 1.04 bits per heavy atom. The lowest BCUT2D eigenvalue weighted by atomic mass is 10.1. The van der Waals surface area contributed by atoms with Gasteiger partial charge in [-0.3, -0.25) is 9.59 Å². The Balaban J connectivity index is 1.63. The number of hydrogen-bond acceptors (Lipinski definition) is 3. The van der Waals surface area contributed by atoms with Gasteiger partial charge in [-0.2, -0.15) is 0 Å². The van der Waals surface area contributed by atoms with Crippen molar-refractivity contribution in [1.82, 2.24) is 4.90 Å². The van der Waals surface area contributed by atoms with Crippen LogP contribution in [0.4, 0.5) is 5.69 Å². The van der Waals surface area contributed by atoms with Crippen LogP contribution in [0, 0.1) is 0 Å². The SMILES string of the molecule is COc1cccc(CCC(=O)Nc2ccccc2C(=O)N2CCCCC2)c1. The lowest BCUT2D eigenvalue weighted by molar-refractivity contribution is -0.116. The second-order valence-electron chi connectivity index (χ2n) is 6.80. The lowest BCUT2D eigenvalue weighted by Crippen LogP contribution is -2.36. The van der Waals surface area contributed by atoms with Crippen LogP contribution >= 0.6 is 0 Å². The highest BCUT2D eigenvalue weighted by Crippen LogP contribution is 2.21. The van der Waals surface area contributed by atoms with Gasteiger partial charge in [0.1, 0.15) is 5.75 Å². The van der Waals surface area contributed by atoms with E-state index in [4.69, 9.17) is 4.74 Å². The third-order valence-electron chi connectivity index (χ3n) is 4.85. The third-order valence-corrected chi connectivity index (χ3v) is 4.85. The molecule has 1 N–H and O–H groups in total. The average Bonchev–Trinajstić information content (AvgIpc) is 2.73. The second kappa shape index (κ2) is 9.21. The molecule has 27 heavy (non-hydrogen) atoms. The molecule has 1 heterocycles. The van der Waals surface area contributed by atoms with Gasteiger partial charge in [0.25, 0.3) is 5.91 Å². The summed E-state index contributed by atoms with van der Waals surface area (Å²) in [6, 6.07) is 15.0. The molecule has 1 aliphatic heterocycles. The number of piperidine rings is 1. The zero-order valence-corrected chi connectivity index (χ0v) is 15.7. The maximum Gasteiger partial charge on any atom is 0.255 e. The molecule has 142 valence electrons. The van der Waals surface area contributed by atoms with Gasteiger partial charge in [-0.1, -0.05) is 24.3 Å². The largest absolute Gasteiger partial charge is 0.497 e. The molecule has 0 aromatic heterocycles. The molecule has 1 aliphatic rings. The second-order valence-corrected chi connectivity index (χ2v) is 6.80. The number of ether oxygens (including phenoxy) is 1. The number of nitrogens with zero attached hydrogens (tertiary/aromatic N) is 1. The molecule has 2 amide bonds. The van der Waals surface area contributed by atoms with Crippen LogP contribution in [-0.4, -0.2) is 36.9 Å². The molecule has 0 unspecified atom stereocenters. The molecule has 3 rings (SSSR count). The normalized spacial score (nSPS) is 13.9. The molecule has 2 aromatic rings. The fourth-order valence-electron chi connectivity index (χ4n) is 3.34. The highest BCUT2D eigenvalue weighted by atomic mass is 16.5. The number of aryl methyl sites for hydroxylation is 1. The van der Waals surface area contributed by atoms with Crippen LogP contribution in [0.1, 0.15) is 41.6 Å². The third kappa shape index (κ3) is 5.09. The summed E-state index contributed by atoms with van der Waals surface area (Å²) >= 11 is 0. The topological polar surface area (TPSA) is 58.6 Å². The van der Waals surface area contributed by atoms with Crippen LogP contribution in [-0.2, 0) is 11.2 Å². The van der Waals surface area contributed by atoms with Gasteiger partial charge >= 0.3 is 0 Å². The Morgan fingerprint density at radius 2 is 1.81 bits per heavy atom. The van der Waals surface area contributed by atoms with E-state index in [1.165, 1.54) is 6.42 Å². The van der Waals surface area contributed by atoms with Crippen LogP contribution in [0.5, 0.6) is 5.75 Å². The minimum atomic E-state index is -0.100. The fraction of sp³-hybridized carbons (Fsp3) is 0.364. The van der Waals surface area contributed by atoms with Crippen LogP contribution in [0.15, 0.2) is 48.5 Å². The van der Waals surface area contributed by atoms with E-state index in [1.54, 1.807) is 19.2 Å². The van der Waals surface area contributed by atoms with E-state index in [1.807, 2.05) is 41.3 Å². The van der Waals surface area contributed by atoms with Crippen LogP contribution in [0.2, 0.25) is 0 Å². The predicted molar refractivity (Wildman–Crippen MR) is 106 cm³/mol. The molecule has 1 fully saturated rings. The van der Waals surface area contributed by atoms with E-state index in [0.29, 0.717) is 24.1 Å². The first-order valence-electron chi connectivity index (χ1n) is 9.48. The first-order valence-corrected chi connectivity index (χ1v) is 9.48. The number of likely N-dealkylation sites (tertiary alicyclic amines) is 1. The maximum atomic E-state index is 12.8. The van der Waals surface area contributed by atoms with Crippen molar-refractivity contribution in [2.75, 3.05) is 25.5 Å². The minimum Gasteiger partial charge on any atom is -0.497 e. The first kappa shape index (κ1) is 19.0. The Bertz CT molecular complexity index is 798. The number of para-hydroxylation sites is 1. The number of carbonyl (C=O) groups is 2. The van der Waals surface area contributed by atoms with Crippen LogP contribution in [0.25, 0.3) is 0 Å². The van der Waals surface area contributed by atoms with Crippen molar-refractivity contribution in [1.29, 1.82) is 0 Å². The van der Waals surface area contributed by atoms with Gasteiger partial charge in [0.05, 0.1) is 18.4 Å². The average molecular weight is 366 g/mol. The number of hydrogen-bond donors (Lipinski definition) is 1. The molecule has 0 atom stereocenters. The minimum absolute atomic E-state index is 0.00149. The van der Waals surface area contributed by atoms with Crippen LogP contribution in [0.3, 0.4) is 0 Å². The lowest BCUT2D eigenvalue weighted by Gasteiger charge is -2.27. The summed E-state index contributed by atoms with van der Waals surface area (Å²) < 4.78 is 5.21. The Hall–Kier alpha value is -2.82. The van der Waals surface area contributed by atoms with E-state index in [9.17, 15) is 9.59 Å². The first-order chi connectivity index (χ1) is 13.2. The monoisotopic (exact) mass is 366 g/mol. The van der Waals surface area contributed by atoms with Gasteiger partial charge in [0, 0.05) is 19.5 Å². The summed E-state index contributed by atoms with van der Waals surface area (Å²) in [6.07, 6.45) is 4.22. The Morgan fingerprint density at radius 3 is 2.59 bits per heavy atom. The van der Waals surface area contributed by atoms with Crippen LogP contribution < -0.4 is 10.1 Å². The molecule has 0 aliphatic carbocycles. The summed E-state index contributed by atoms with van der Waals surface area (Å²) in [7, 11) is 1.63. The summed E-state index contributed by atoms with van der Waals surface area (Å²) in [5.74, 6) is 0.681. The van der Waals surface area contributed by atoms with Crippen molar-refractivity contribution < 1.29 is 14.3 Å². The molecule has 0 saturated carbocycles. The molecule has 5 nitrogen and oxygen atoms in total. The summed E-state index contributed by atoms with van der Waals surface area (Å²) in [5, 5.41) is 2.91. The van der Waals surface area contributed by atoms with E-state index in [0.717, 1.165) is 37.2 Å². The van der Waals surface area contributed by atoms with Crippen molar-refractivity contribution >= 4 is 17.5 Å². The Kier molecular flexibility index (Phi) is 6.47. The molecular weight excluding hydrogens is 340 g/mol. The zero-order chi connectivity index (χ0) is 19.1. The van der Waals surface area contributed by atoms with Crippen molar-refractivity contribution in [3.05, 3.63) is 59.7 Å². The van der Waals surface area contributed by atoms with E-state index in [2.05, 4.69) is 5.32 Å². The fourth-order valence-corrected chi connectivity index (χ4v) is 3.34. The van der Waals surface area contributed by atoms with Gasteiger partial charge in [-0.25, -0.2) is 0 Å². The van der Waals surface area contributed by atoms with Gasteiger partial charge in [0.2, 0.25) is 5.91 Å². The number of methoxy groups -OCH3 is 1. The molecule has 1 saturated heterocycles. The molecule has 0 radical (unpaired) electrons. The van der Waals surface area contributed by atoms with E-state index in [-0.39, 0.29) is 11.8 Å².